The molecule has 0 radical (unpaired) electrons. The highest BCUT2D eigenvalue weighted by Gasteiger charge is 2.13. The fraction of sp³-hybridized carbons (Fsp3) is 0.333. The second-order valence-corrected chi connectivity index (χ2v) is 7.14. The van der Waals surface area contributed by atoms with Crippen LogP contribution in [0.5, 0.6) is 5.75 Å². The van der Waals surface area contributed by atoms with E-state index in [1.807, 2.05) is 30.9 Å². The van der Waals surface area contributed by atoms with E-state index >= 15 is 0 Å². The van der Waals surface area contributed by atoms with Crippen LogP contribution >= 0.6 is 11.3 Å². The zero-order chi connectivity index (χ0) is 19.4. The van der Waals surface area contributed by atoms with Gasteiger partial charge in [-0.3, -0.25) is 14.5 Å². The molecule has 1 aromatic carbocycles. The van der Waals surface area contributed by atoms with E-state index in [-0.39, 0.29) is 18.0 Å². The van der Waals surface area contributed by atoms with Gasteiger partial charge in [-0.1, -0.05) is 24.3 Å². The lowest BCUT2D eigenvalue weighted by Gasteiger charge is -2.19. The lowest BCUT2D eigenvalue weighted by atomic mass is 10.3. The van der Waals surface area contributed by atoms with Crippen molar-refractivity contribution in [2.24, 2.45) is 0 Å². The number of ether oxygens (including phenoxy) is 1. The molecule has 3 rings (SSSR count). The number of nitrogens with zero attached hydrogens (tertiary/aromatic N) is 4. The van der Waals surface area contributed by atoms with Crippen LogP contribution in [0.2, 0.25) is 0 Å². The topological polar surface area (TPSA) is 88.8 Å². The first kappa shape index (κ1) is 19.0. The van der Waals surface area contributed by atoms with E-state index in [1.165, 1.54) is 21.9 Å². The second kappa shape index (κ2) is 8.28. The summed E-state index contributed by atoms with van der Waals surface area (Å²) >= 11 is 1.37. The molecule has 2 heterocycles. The van der Waals surface area contributed by atoms with Crippen LogP contribution in [0.25, 0.3) is 4.96 Å². The number of methoxy groups -OCH3 is 1. The molecule has 9 heteroatoms. The van der Waals surface area contributed by atoms with Crippen LogP contribution in [0.3, 0.4) is 0 Å². The summed E-state index contributed by atoms with van der Waals surface area (Å²) in [7, 11) is 1.58. The van der Waals surface area contributed by atoms with Gasteiger partial charge in [0.05, 0.1) is 19.3 Å². The molecule has 0 saturated carbocycles. The molecule has 27 heavy (non-hydrogen) atoms. The molecule has 0 aliphatic heterocycles. The summed E-state index contributed by atoms with van der Waals surface area (Å²) in [5.74, 6) is 0.537. The summed E-state index contributed by atoms with van der Waals surface area (Å²) in [6.45, 7) is 5.04. The van der Waals surface area contributed by atoms with Gasteiger partial charge in [-0.25, -0.2) is 4.98 Å². The third-order valence-corrected chi connectivity index (χ3v) is 4.78. The van der Waals surface area contributed by atoms with Gasteiger partial charge in [-0.05, 0) is 25.6 Å². The van der Waals surface area contributed by atoms with Crippen LogP contribution in [-0.2, 0) is 11.3 Å². The molecule has 0 saturated heterocycles. The summed E-state index contributed by atoms with van der Waals surface area (Å²) in [5, 5.41) is 7.77. The predicted octanol–water partition coefficient (Wildman–Crippen LogP) is 1.93. The zero-order valence-electron chi connectivity index (χ0n) is 15.4. The normalized spacial score (nSPS) is 11.1. The van der Waals surface area contributed by atoms with Crippen molar-refractivity contribution in [2.75, 3.05) is 25.5 Å². The van der Waals surface area contributed by atoms with Crippen LogP contribution in [0, 0.1) is 6.92 Å². The van der Waals surface area contributed by atoms with Crippen LogP contribution in [0.4, 0.5) is 5.69 Å². The first-order chi connectivity index (χ1) is 13.0. The number of hydrogen-bond donors (Lipinski definition) is 1. The molecule has 3 aromatic rings. The Bertz CT molecular complexity index is 1010. The number of likely N-dealkylation sites (N-methyl/N-ethyl adjacent to an activating group) is 1. The van der Waals surface area contributed by atoms with E-state index in [0.717, 1.165) is 5.01 Å². The van der Waals surface area contributed by atoms with Crippen molar-refractivity contribution in [3.63, 3.8) is 0 Å². The Labute approximate surface area is 160 Å². The fourth-order valence-electron chi connectivity index (χ4n) is 2.65. The highest BCUT2D eigenvalue weighted by Crippen LogP contribution is 2.16. The van der Waals surface area contributed by atoms with Gasteiger partial charge in [0.1, 0.15) is 10.8 Å². The number of benzene rings is 1. The number of hydrogen-bond acceptors (Lipinski definition) is 7. The number of carbonyl (C=O) groups excluding carboxylic acids is 1. The predicted molar refractivity (Wildman–Crippen MR) is 104 cm³/mol. The lowest BCUT2D eigenvalue weighted by molar-refractivity contribution is -0.117. The minimum atomic E-state index is -0.212. The Balaban J connectivity index is 1.68. The van der Waals surface area contributed by atoms with Crippen molar-refractivity contribution < 1.29 is 9.53 Å². The number of aryl methyl sites for hydroxylation is 1. The van der Waals surface area contributed by atoms with Gasteiger partial charge in [-0.2, -0.15) is 9.61 Å². The second-order valence-electron chi connectivity index (χ2n) is 5.98. The number of aromatic nitrogens is 3. The van der Waals surface area contributed by atoms with Crippen molar-refractivity contribution in [3.05, 3.63) is 51.4 Å². The van der Waals surface area contributed by atoms with E-state index in [1.54, 1.807) is 19.2 Å². The van der Waals surface area contributed by atoms with Crippen molar-refractivity contribution in [1.29, 1.82) is 0 Å². The van der Waals surface area contributed by atoms with Crippen LogP contribution in [0.1, 0.15) is 17.6 Å². The molecule has 1 amide bonds. The minimum Gasteiger partial charge on any atom is -0.497 e. The zero-order valence-corrected chi connectivity index (χ0v) is 16.2. The van der Waals surface area contributed by atoms with E-state index < -0.39 is 0 Å². The standard InChI is InChI=1S/C18H21N5O3S/c1-4-22(11-16(24)19-13-6-5-7-15(8-13)26-3)10-14-9-17(25)23-18(20-14)27-12(2)21-23/h5-9H,4,10-11H2,1-3H3,(H,19,24). The first-order valence-electron chi connectivity index (χ1n) is 8.51. The summed E-state index contributed by atoms with van der Waals surface area (Å²) in [5.41, 5.74) is 1.09. The Hall–Kier alpha value is -2.78. The molecule has 0 fully saturated rings. The third-order valence-electron chi connectivity index (χ3n) is 3.95. The molecule has 0 spiro atoms. The highest BCUT2D eigenvalue weighted by atomic mass is 32.1. The average Bonchev–Trinajstić information content (AvgIpc) is 3.02. The monoisotopic (exact) mass is 387 g/mol. The van der Waals surface area contributed by atoms with Crippen LogP contribution < -0.4 is 15.6 Å². The van der Waals surface area contributed by atoms with Gasteiger partial charge >= 0.3 is 0 Å². The Morgan fingerprint density at radius 1 is 1.37 bits per heavy atom. The molecule has 0 atom stereocenters. The van der Waals surface area contributed by atoms with Gasteiger partial charge < -0.3 is 10.1 Å². The summed E-state index contributed by atoms with van der Waals surface area (Å²) in [6, 6.07) is 8.66. The highest BCUT2D eigenvalue weighted by molar-refractivity contribution is 7.16. The Morgan fingerprint density at radius 3 is 2.93 bits per heavy atom. The van der Waals surface area contributed by atoms with Crippen molar-refractivity contribution in [1.82, 2.24) is 19.5 Å². The van der Waals surface area contributed by atoms with Gasteiger partial charge in [0, 0.05) is 24.4 Å². The van der Waals surface area contributed by atoms with Crippen LogP contribution in [0.15, 0.2) is 35.1 Å². The van der Waals surface area contributed by atoms with Gasteiger partial charge in [-0.15, -0.1) is 0 Å². The average molecular weight is 387 g/mol. The Morgan fingerprint density at radius 2 is 2.19 bits per heavy atom. The van der Waals surface area contributed by atoms with Crippen molar-refractivity contribution in [3.8, 4) is 5.75 Å². The van der Waals surface area contributed by atoms with E-state index in [2.05, 4.69) is 15.4 Å². The number of anilines is 1. The third kappa shape index (κ3) is 4.69. The number of carbonyl (C=O) groups is 1. The molecule has 1 N–H and O–H groups in total. The first-order valence-corrected chi connectivity index (χ1v) is 9.33. The smallest absolute Gasteiger partial charge is 0.275 e. The summed E-state index contributed by atoms with van der Waals surface area (Å²) in [6.07, 6.45) is 0. The van der Waals surface area contributed by atoms with E-state index in [0.29, 0.717) is 35.2 Å². The van der Waals surface area contributed by atoms with Crippen molar-refractivity contribution in [2.45, 2.75) is 20.4 Å². The number of fused-ring (bicyclic) bond motifs is 1. The summed E-state index contributed by atoms with van der Waals surface area (Å²) in [4.78, 5) is 31.5. The number of nitrogens with one attached hydrogen (secondary N) is 1. The maximum absolute atomic E-state index is 12.4. The van der Waals surface area contributed by atoms with Crippen molar-refractivity contribution >= 4 is 27.9 Å². The largest absolute Gasteiger partial charge is 0.497 e. The molecule has 8 nitrogen and oxygen atoms in total. The molecule has 0 unspecified atom stereocenters. The van der Waals surface area contributed by atoms with Gasteiger partial charge in [0.25, 0.3) is 5.56 Å². The molecule has 0 bridgehead atoms. The van der Waals surface area contributed by atoms with Crippen LogP contribution in [-0.4, -0.2) is 45.6 Å². The SMILES string of the molecule is CCN(CC(=O)Nc1cccc(OC)c1)Cc1cc(=O)n2nc(C)sc2n1. The minimum absolute atomic E-state index is 0.142. The lowest BCUT2D eigenvalue weighted by Crippen LogP contribution is -2.33. The Kier molecular flexibility index (Phi) is 5.82. The molecular weight excluding hydrogens is 366 g/mol. The molecule has 0 aliphatic carbocycles. The molecule has 142 valence electrons. The fourth-order valence-corrected chi connectivity index (χ4v) is 3.41. The number of amides is 1. The van der Waals surface area contributed by atoms with Gasteiger partial charge in [0.15, 0.2) is 0 Å². The quantitative estimate of drug-likeness (QED) is 0.666. The molecule has 0 aliphatic rings. The molecule has 2 aromatic heterocycles. The summed E-state index contributed by atoms with van der Waals surface area (Å²) < 4.78 is 6.46. The molecular formula is C18H21N5O3S. The van der Waals surface area contributed by atoms with E-state index in [4.69, 9.17) is 4.74 Å². The van der Waals surface area contributed by atoms with Gasteiger partial charge in [0.2, 0.25) is 10.9 Å². The number of rotatable bonds is 7. The van der Waals surface area contributed by atoms with E-state index in [9.17, 15) is 9.59 Å². The maximum atomic E-state index is 12.4. The maximum Gasteiger partial charge on any atom is 0.275 e.